The molecule has 1 aliphatic heterocycles. The Morgan fingerprint density at radius 3 is 2.72 bits per heavy atom. The summed E-state index contributed by atoms with van der Waals surface area (Å²) in [4.78, 5) is 14.9. The van der Waals surface area contributed by atoms with Crippen LogP contribution in [0.2, 0.25) is 0 Å². The molecule has 4 heteroatoms. The maximum absolute atomic E-state index is 13.8. The number of carbonyl (C=O) groups excluding carboxylic acids is 1. The Morgan fingerprint density at radius 1 is 1.16 bits per heavy atom. The van der Waals surface area contributed by atoms with Gasteiger partial charge in [-0.15, -0.1) is 0 Å². The Hall–Kier alpha value is -2.36. The van der Waals surface area contributed by atoms with Gasteiger partial charge >= 0.3 is 6.03 Å². The molecule has 25 heavy (non-hydrogen) atoms. The lowest BCUT2D eigenvalue weighted by Gasteiger charge is -2.61. The van der Waals surface area contributed by atoms with Crippen molar-refractivity contribution in [2.75, 3.05) is 11.9 Å². The van der Waals surface area contributed by atoms with E-state index in [1.54, 1.807) is 19.1 Å². The van der Waals surface area contributed by atoms with Gasteiger partial charge in [0, 0.05) is 23.7 Å². The fourth-order valence-corrected chi connectivity index (χ4v) is 4.55. The molecule has 1 heterocycles. The molecule has 0 spiro atoms. The van der Waals surface area contributed by atoms with Gasteiger partial charge in [0.15, 0.2) is 0 Å². The lowest BCUT2D eigenvalue weighted by atomic mass is 9.62. The molecule has 1 saturated carbocycles. The number of fused-ring (bicyclic) bond motifs is 1. The molecule has 2 aromatic carbocycles. The van der Waals surface area contributed by atoms with Crippen LogP contribution in [0.5, 0.6) is 0 Å². The van der Waals surface area contributed by atoms with Gasteiger partial charge in [-0.1, -0.05) is 49.2 Å². The number of halogens is 1. The maximum Gasteiger partial charge on any atom is 0.322 e. The molecule has 2 atom stereocenters. The van der Waals surface area contributed by atoms with Gasteiger partial charge in [-0.2, -0.15) is 0 Å². The fraction of sp³-hybridized carbons (Fsp3) is 0.381. The molecule has 130 valence electrons. The van der Waals surface area contributed by atoms with E-state index < -0.39 is 0 Å². The number of nitrogens with one attached hydrogen (secondary N) is 1. The zero-order valence-electron chi connectivity index (χ0n) is 14.5. The van der Waals surface area contributed by atoms with Gasteiger partial charge in [-0.25, -0.2) is 9.18 Å². The van der Waals surface area contributed by atoms with Gasteiger partial charge in [0.1, 0.15) is 5.82 Å². The number of carbonyl (C=O) groups is 1. The molecule has 0 aromatic heterocycles. The van der Waals surface area contributed by atoms with E-state index in [2.05, 4.69) is 17.4 Å². The first-order valence-electron chi connectivity index (χ1n) is 9.02. The molecule has 2 fully saturated rings. The van der Waals surface area contributed by atoms with E-state index in [9.17, 15) is 9.18 Å². The third kappa shape index (κ3) is 2.51. The summed E-state index contributed by atoms with van der Waals surface area (Å²) in [6.45, 7) is 2.46. The van der Waals surface area contributed by atoms with Gasteiger partial charge in [0.25, 0.3) is 0 Å². The molecule has 1 N–H and O–H groups in total. The summed E-state index contributed by atoms with van der Waals surface area (Å²) in [5.41, 5.74) is 2.04. The highest BCUT2D eigenvalue weighted by atomic mass is 19.1. The van der Waals surface area contributed by atoms with Crippen molar-refractivity contribution in [2.45, 2.75) is 38.1 Å². The van der Waals surface area contributed by atoms with Crippen molar-refractivity contribution in [3.8, 4) is 0 Å². The molecular weight excluding hydrogens is 315 g/mol. The Kier molecular flexibility index (Phi) is 3.98. The molecule has 2 aromatic rings. The van der Waals surface area contributed by atoms with Crippen LogP contribution in [0.25, 0.3) is 0 Å². The number of likely N-dealkylation sites (tertiary alicyclic amines) is 1. The Balaban J connectivity index is 1.63. The SMILES string of the molecule is Cc1c(F)cccc1NC(=O)N1C[C@H]2CCCC[C@@]21c1ccccc1. The lowest BCUT2D eigenvalue weighted by molar-refractivity contribution is -0.0756. The summed E-state index contributed by atoms with van der Waals surface area (Å²) in [5, 5.41) is 2.93. The monoisotopic (exact) mass is 338 g/mol. The maximum atomic E-state index is 13.8. The van der Waals surface area contributed by atoms with Crippen molar-refractivity contribution in [1.29, 1.82) is 0 Å². The fourth-order valence-electron chi connectivity index (χ4n) is 4.55. The number of hydrogen-bond donors (Lipinski definition) is 1. The van der Waals surface area contributed by atoms with Gasteiger partial charge in [0.05, 0.1) is 5.54 Å². The van der Waals surface area contributed by atoms with Crippen molar-refractivity contribution in [3.05, 3.63) is 65.5 Å². The van der Waals surface area contributed by atoms with Gasteiger partial charge in [-0.05, 0) is 37.5 Å². The summed E-state index contributed by atoms with van der Waals surface area (Å²) in [7, 11) is 0. The zero-order chi connectivity index (χ0) is 17.4. The Labute approximate surface area is 147 Å². The molecule has 2 amide bonds. The number of amides is 2. The largest absolute Gasteiger partial charge is 0.322 e. The molecule has 2 aliphatic rings. The van der Waals surface area contributed by atoms with E-state index in [1.807, 2.05) is 23.1 Å². The number of urea groups is 1. The first-order valence-corrected chi connectivity index (χ1v) is 9.02. The summed E-state index contributed by atoms with van der Waals surface area (Å²) in [6, 6.07) is 15.0. The minimum atomic E-state index is -0.297. The van der Waals surface area contributed by atoms with E-state index in [0.717, 1.165) is 25.8 Å². The van der Waals surface area contributed by atoms with Gasteiger partial charge in [-0.3, -0.25) is 0 Å². The highest BCUT2D eigenvalue weighted by Crippen LogP contribution is 2.53. The second-order valence-corrected chi connectivity index (χ2v) is 7.19. The Bertz CT molecular complexity index is 792. The van der Waals surface area contributed by atoms with E-state index >= 15 is 0 Å². The van der Waals surface area contributed by atoms with Crippen LogP contribution in [0.1, 0.15) is 36.8 Å². The third-order valence-electron chi connectivity index (χ3n) is 5.95. The van der Waals surface area contributed by atoms with Crippen molar-refractivity contribution < 1.29 is 9.18 Å². The highest BCUT2D eigenvalue weighted by Gasteiger charge is 2.57. The quantitative estimate of drug-likeness (QED) is 0.815. The number of nitrogens with zero attached hydrogens (tertiary/aromatic N) is 1. The normalized spacial score (nSPS) is 25.0. The van der Waals surface area contributed by atoms with E-state index in [1.165, 1.54) is 18.1 Å². The molecule has 0 radical (unpaired) electrons. The van der Waals surface area contributed by atoms with Crippen molar-refractivity contribution >= 4 is 11.7 Å². The first kappa shape index (κ1) is 16.1. The molecule has 4 rings (SSSR count). The van der Waals surface area contributed by atoms with Gasteiger partial charge in [0.2, 0.25) is 0 Å². The van der Waals surface area contributed by atoms with E-state index in [-0.39, 0.29) is 17.4 Å². The number of anilines is 1. The Morgan fingerprint density at radius 2 is 1.96 bits per heavy atom. The van der Waals surface area contributed by atoms with Gasteiger partial charge < -0.3 is 10.2 Å². The van der Waals surface area contributed by atoms with Crippen LogP contribution < -0.4 is 5.32 Å². The molecule has 0 bridgehead atoms. The molecular formula is C21H23FN2O. The van der Waals surface area contributed by atoms with Crippen LogP contribution in [0.3, 0.4) is 0 Å². The molecule has 1 aliphatic carbocycles. The second kappa shape index (κ2) is 6.17. The third-order valence-corrected chi connectivity index (χ3v) is 5.95. The van der Waals surface area contributed by atoms with Crippen molar-refractivity contribution in [1.82, 2.24) is 4.90 Å². The summed E-state index contributed by atoms with van der Waals surface area (Å²) < 4.78 is 13.8. The zero-order valence-corrected chi connectivity index (χ0v) is 14.5. The lowest BCUT2D eigenvalue weighted by Crippen LogP contribution is -2.68. The van der Waals surface area contributed by atoms with Crippen LogP contribution in [-0.2, 0) is 5.54 Å². The number of rotatable bonds is 2. The average Bonchev–Trinajstić information content (AvgIpc) is 2.61. The molecule has 0 unspecified atom stereocenters. The second-order valence-electron chi connectivity index (χ2n) is 7.19. The van der Waals surface area contributed by atoms with E-state index in [4.69, 9.17) is 0 Å². The van der Waals surface area contributed by atoms with Crippen LogP contribution in [0, 0.1) is 18.7 Å². The minimum Gasteiger partial charge on any atom is -0.314 e. The first-order chi connectivity index (χ1) is 12.1. The molecule has 3 nitrogen and oxygen atoms in total. The minimum absolute atomic E-state index is 0.129. The number of benzene rings is 2. The molecule has 1 saturated heterocycles. The predicted molar refractivity (Wildman–Crippen MR) is 96.9 cm³/mol. The van der Waals surface area contributed by atoms with Crippen LogP contribution in [0.15, 0.2) is 48.5 Å². The number of hydrogen-bond acceptors (Lipinski definition) is 1. The smallest absolute Gasteiger partial charge is 0.314 e. The highest BCUT2D eigenvalue weighted by molar-refractivity contribution is 5.91. The van der Waals surface area contributed by atoms with Crippen LogP contribution in [-0.4, -0.2) is 17.5 Å². The topological polar surface area (TPSA) is 32.3 Å². The van der Waals surface area contributed by atoms with E-state index in [0.29, 0.717) is 17.2 Å². The predicted octanol–water partition coefficient (Wildman–Crippen LogP) is 5.07. The summed E-state index contributed by atoms with van der Waals surface area (Å²) in [5.74, 6) is 0.220. The van der Waals surface area contributed by atoms with Crippen LogP contribution in [0.4, 0.5) is 14.9 Å². The average molecular weight is 338 g/mol. The van der Waals surface area contributed by atoms with Crippen LogP contribution >= 0.6 is 0 Å². The van der Waals surface area contributed by atoms with Crippen molar-refractivity contribution in [3.63, 3.8) is 0 Å². The summed E-state index contributed by atoms with van der Waals surface area (Å²) >= 11 is 0. The summed E-state index contributed by atoms with van der Waals surface area (Å²) in [6.07, 6.45) is 4.53. The standard InChI is InChI=1S/C21H23FN2O/c1-15-18(22)11-7-12-19(15)23-20(25)24-14-17-10-5-6-13-21(17,24)16-8-3-2-4-9-16/h2-4,7-9,11-12,17H,5-6,10,13-14H2,1H3,(H,23,25)/t17-,21-/m1/s1. The van der Waals surface area contributed by atoms with Crippen molar-refractivity contribution in [2.24, 2.45) is 5.92 Å².